The van der Waals surface area contributed by atoms with Gasteiger partial charge in [0.25, 0.3) is 5.91 Å². The van der Waals surface area contributed by atoms with Crippen LogP contribution in [0.4, 0.5) is 13.2 Å². The Balaban J connectivity index is 2.11. The minimum atomic E-state index is -4.66. The summed E-state index contributed by atoms with van der Waals surface area (Å²) in [6.07, 6.45) is -4.70. The first-order valence-electron chi connectivity index (χ1n) is 6.63. The fraction of sp³-hybridized carbons (Fsp3) is 0.200. The third-order valence-electron chi connectivity index (χ3n) is 3.08. The molecular formula is C15H11Cl2F3N2O2. The van der Waals surface area contributed by atoms with Gasteiger partial charge in [-0.05, 0) is 18.2 Å². The molecule has 0 bridgehead atoms. The second-order valence-electron chi connectivity index (χ2n) is 4.79. The van der Waals surface area contributed by atoms with E-state index in [1.165, 1.54) is 24.4 Å². The minimum absolute atomic E-state index is 0.0606. The first-order valence-corrected chi connectivity index (χ1v) is 7.39. The van der Waals surface area contributed by atoms with E-state index in [2.05, 4.69) is 10.3 Å². The van der Waals surface area contributed by atoms with Crippen molar-refractivity contribution in [2.24, 2.45) is 0 Å². The van der Waals surface area contributed by atoms with Crippen molar-refractivity contribution >= 4 is 29.1 Å². The average Bonchev–Trinajstić information content (AvgIpc) is 2.51. The Morgan fingerprint density at radius 2 is 1.96 bits per heavy atom. The summed E-state index contributed by atoms with van der Waals surface area (Å²) in [5, 5.41) is 12.6. The van der Waals surface area contributed by atoms with Crippen molar-refractivity contribution < 1.29 is 23.1 Å². The molecule has 4 nitrogen and oxygen atoms in total. The summed E-state index contributed by atoms with van der Waals surface area (Å²) in [4.78, 5) is 15.8. The number of pyridine rings is 1. The largest absolute Gasteiger partial charge is 0.417 e. The first kappa shape index (κ1) is 18.5. The van der Waals surface area contributed by atoms with Crippen LogP contribution in [0.25, 0.3) is 0 Å². The van der Waals surface area contributed by atoms with Gasteiger partial charge >= 0.3 is 6.18 Å². The number of alkyl halides is 3. The summed E-state index contributed by atoms with van der Waals surface area (Å²) in [5.74, 6) is -0.966. The van der Waals surface area contributed by atoms with Crippen LogP contribution in [0.15, 0.2) is 36.5 Å². The maximum absolute atomic E-state index is 12.9. The van der Waals surface area contributed by atoms with Gasteiger partial charge in [-0.1, -0.05) is 35.3 Å². The van der Waals surface area contributed by atoms with Crippen molar-refractivity contribution in [3.63, 3.8) is 0 Å². The molecule has 0 aliphatic rings. The molecule has 0 aliphatic carbocycles. The zero-order valence-corrected chi connectivity index (χ0v) is 13.5. The molecule has 1 unspecified atom stereocenters. The van der Waals surface area contributed by atoms with Gasteiger partial charge < -0.3 is 10.4 Å². The molecule has 0 radical (unpaired) electrons. The smallest absolute Gasteiger partial charge is 0.385 e. The minimum Gasteiger partial charge on any atom is -0.385 e. The molecule has 24 heavy (non-hydrogen) atoms. The lowest BCUT2D eigenvalue weighted by molar-refractivity contribution is -0.137. The number of aromatic nitrogens is 1. The van der Waals surface area contributed by atoms with E-state index in [0.29, 0.717) is 0 Å². The lowest BCUT2D eigenvalue weighted by atomic mass is 10.1. The van der Waals surface area contributed by atoms with Gasteiger partial charge in [0.05, 0.1) is 26.9 Å². The van der Waals surface area contributed by atoms with E-state index >= 15 is 0 Å². The zero-order valence-electron chi connectivity index (χ0n) is 11.9. The summed E-state index contributed by atoms with van der Waals surface area (Å²) < 4.78 is 38.7. The average molecular weight is 379 g/mol. The van der Waals surface area contributed by atoms with Gasteiger partial charge in [0.1, 0.15) is 6.10 Å². The topological polar surface area (TPSA) is 62.2 Å². The highest BCUT2D eigenvalue weighted by Gasteiger charge is 2.34. The van der Waals surface area contributed by atoms with Gasteiger partial charge in [-0.15, -0.1) is 0 Å². The van der Waals surface area contributed by atoms with Crippen LogP contribution in [0.1, 0.15) is 27.7 Å². The van der Waals surface area contributed by atoms with E-state index in [9.17, 15) is 23.1 Å². The van der Waals surface area contributed by atoms with Crippen molar-refractivity contribution in [2.75, 3.05) is 6.54 Å². The summed E-state index contributed by atoms with van der Waals surface area (Å²) in [7, 11) is 0. The molecule has 2 N–H and O–H groups in total. The van der Waals surface area contributed by atoms with E-state index < -0.39 is 29.3 Å². The van der Waals surface area contributed by atoms with E-state index in [-0.39, 0.29) is 22.3 Å². The summed E-state index contributed by atoms with van der Waals surface area (Å²) >= 11 is 11.6. The van der Waals surface area contributed by atoms with Crippen LogP contribution in [-0.2, 0) is 6.18 Å². The number of carbonyl (C=O) groups is 1. The molecule has 1 heterocycles. The maximum Gasteiger partial charge on any atom is 0.417 e. The highest BCUT2D eigenvalue weighted by Crippen LogP contribution is 2.31. The van der Waals surface area contributed by atoms with E-state index in [1.807, 2.05) is 0 Å². The number of amides is 1. The van der Waals surface area contributed by atoms with Crippen molar-refractivity contribution in [2.45, 2.75) is 12.3 Å². The Labute approximate surface area is 145 Å². The monoisotopic (exact) mass is 378 g/mol. The van der Waals surface area contributed by atoms with Crippen LogP contribution < -0.4 is 5.32 Å². The van der Waals surface area contributed by atoms with Crippen LogP contribution in [0.5, 0.6) is 0 Å². The van der Waals surface area contributed by atoms with Crippen molar-refractivity contribution in [1.82, 2.24) is 10.3 Å². The number of rotatable bonds is 4. The summed E-state index contributed by atoms with van der Waals surface area (Å²) in [5.41, 5.74) is -1.53. The van der Waals surface area contributed by atoms with Gasteiger partial charge in [0, 0.05) is 12.7 Å². The van der Waals surface area contributed by atoms with Crippen LogP contribution in [0.3, 0.4) is 0 Å². The van der Waals surface area contributed by atoms with Crippen molar-refractivity contribution in [3.05, 3.63) is 63.4 Å². The van der Waals surface area contributed by atoms with Crippen LogP contribution in [0.2, 0.25) is 10.0 Å². The Morgan fingerprint density at radius 1 is 1.29 bits per heavy atom. The van der Waals surface area contributed by atoms with Gasteiger partial charge in [-0.25, -0.2) is 0 Å². The molecule has 1 aromatic carbocycles. The quantitative estimate of drug-likeness (QED) is 0.848. The molecule has 0 fully saturated rings. The molecule has 128 valence electrons. The lowest BCUT2D eigenvalue weighted by Crippen LogP contribution is -2.30. The Morgan fingerprint density at radius 3 is 2.58 bits per heavy atom. The van der Waals surface area contributed by atoms with Gasteiger partial charge in [0.2, 0.25) is 0 Å². The number of carbonyl (C=O) groups excluding carboxylic acids is 1. The predicted octanol–water partition coefficient (Wildman–Crippen LogP) is 3.87. The normalized spacial score (nSPS) is 12.8. The third-order valence-corrected chi connectivity index (χ3v) is 3.59. The number of nitrogens with one attached hydrogen (secondary N) is 1. The highest BCUT2D eigenvalue weighted by molar-refractivity contribution is 6.34. The number of nitrogens with zero attached hydrogens (tertiary/aromatic N) is 1. The Kier molecular flexibility index (Phi) is 5.69. The number of hydrogen-bond donors (Lipinski definition) is 2. The molecule has 0 saturated carbocycles. The van der Waals surface area contributed by atoms with Crippen molar-refractivity contribution in [1.29, 1.82) is 0 Å². The van der Waals surface area contributed by atoms with Gasteiger partial charge in [0.15, 0.2) is 0 Å². The molecular weight excluding hydrogens is 368 g/mol. The van der Waals surface area contributed by atoms with Gasteiger partial charge in [-0.3, -0.25) is 9.78 Å². The third kappa shape index (κ3) is 4.37. The fourth-order valence-electron chi connectivity index (χ4n) is 1.98. The first-order chi connectivity index (χ1) is 11.2. The molecule has 2 rings (SSSR count). The number of aliphatic hydroxyl groups is 1. The number of halogens is 5. The SMILES string of the molecule is O=C(NCC(O)c1ncc(Cl)cc1Cl)c1ccccc1C(F)(F)F. The molecule has 9 heteroatoms. The molecule has 1 aromatic heterocycles. The highest BCUT2D eigenvalue weighted by atomic mass is 35.5. The van der Waals surface area contributed by atoms with E-state index in [0.717, 1.165) is 12.1 Å². The fourth-order valence-corrected chi connectivity index (χ4v) is 2.49. The summed E-state index contributed by atoms with van der Waals surface area (Å²) in [6.45, 7) is -0.362. The van der Waals surface area contributed by atoms with Crippen molar-refractivity contribution in [3.8, 4) is 0 Å². The Hall–Kier alpha value is -1.83. The second kappa shape index (κ2) is 7.38. The second-order valence-corrected chi connectivity index (χ2v) is 5.63. The zero-order chi connectivity index (χ0) is 17.9. The predicted molar refractivity (Wildman–Crippen MR) is 83.0 cm³/mol. The molecule has 0 saturated heterocycles. The molecule has 1 atom stereocenters. The lowest BCUT2D eigenvalue weighted by Gasteiger charge is -2.15. The number of benzene rings is 1. The summed E-state index contributed by atoms with van der Waals surface area (Å²) in [6, 6.07) is 5.72. The van der Waals surface area contributed by atoms with Gasteiger partial charge in [-0.2, -0.15) is 13.2 Å². The Bertz CT molecular complexity index is 754. The van der Waals surface area contributed by atoms with E-state index in [1.54, 1.807) is 0 Å². The standard InChI is InChI=1S/C15H11Cl2F3N2O2/c16-8-5-11(17)13(21-6-8)12(23)7-22-14(24)9-3-1-2-4-10(9)15(18,19)20/h1-6,12,23H,7H2,(H,22,24). The molecule has 0 aliphatic heterocycles. The molecule has 2 aromatic rings. The maximum atomic E-state index is 12.9. The number of aliphatic hydroxyl groups excluding tert-OH is 1. The molecule has 1 amide bonds. The van der Waals surface area contributed by atoms with E-state index in [4.69, 9.17) is 23.2 Å². The van der Waals surface area contributed by atoms with Crippen LogP contribution in [-0.4, -0.2) is 22.5 Å². The number of hydrogen-bond acceptors (Lipinski definition) is 3. The van der Waals surface area contributed by atoms with Crippen LogP contribution in [0, 0.1) is 0 Å². The van der Waals surface area contributed by atoms with Crippen LogP contribution >= 0.6 is 23.2 Å². The molecule has 0 spiro atoms.